The van der Waals surface area contributed by atoms with Gasteiger partial charge in [0.25, 0.3) is 11.6 Å². The number of carbonyl (C=O) groups excluding carboxylic acids is 1. The van der Waals surface area contributed by atoms with E-state index in [1.807, 2.05) is 24.9 Å². The normalized spacial score (nSPS) is 24.8. The summed E-state index contributed by atoms with van der Waals surface area (Å²) in [4.78, 5) is 32.2. The summed E-state index contributed by atoms with van der Waals surface area (Å²) in [5.74, 6) is -0.183. The number of nitro groups is 1. The zero-order valence-corrected chi connectivity index (χ0v) is 17.7. The molecule has 10 nitrogen and oxygen atoms in total. The van der Waals surface area contributed by atoms with E-state index < -0.39 is 11.0 Å². The Kier molecular flexibility index (Phi) is 6.30. The van der Waals surface area contributed by atoms with Crippen molar-refractivity contribution in [1.29, 1.82) is 0 Å². The van der Waals surface area contributed by atoms with Gasteiger partial charge in [0.1, 0.15) is 5.52 Å². The molecule has 0 saturated carbocycles. The minimum absolute atomic E-state index is 0.0348. The first-order valence-electron chi connectivity index (χ1n) is 10.4. The Morgan fingerprint density at radius 2 is 2.16 bits per heavy atom. The maximum absolute atomic E-state index is 12.8. The van der Waals surface area contributed by atoms with E-state index in [4.69, 9.17) is 9.47 Å². The summed E-state index contributed by atoms with van der Waals surface area (Å²) in [6.45, 7) is 5.59. The molecule has 1 aromatic carbocycles. The Bertz CT molecular complexity index is 970. The molecule has 0 spiro atoms. The molecule has 1 aromatic heterocycles. The van der Waals surface area contributed by atoms with Crippen LogP contribution < -0.4 is 10.2 Å². The number of morpholine rings is 2. The summed E-state index contributed by atoms with van der Waals surface area (Å²) >= 11 is 0. The molecular weight excluding hydrogens is 402 g/mol. The smallest absolute Gasteiger partial charge is 0.295 e. The Balaban J connectivity index is 1.49. The lowest BCUT2D eigenvalue weighted by molar-refractivity contribution is -0.383. The molecule has 166 valence electrons. The maximum Gasteiger partial charge on any atom is 0.295 e. The second kappa shape index (κ2) is 9.13. The van der Waals surface area contributed by atoms with Crippen LogP contribution in [0.1, 0.15) is 6.92 Å². The van der Waals surface area contributed by atoms with Crippen LogP contribution >= 0.6 is 0 Å². The second-order valence-corrected chi connectivity index (χ2v) is 8.10. The van der Waals surface area contributed by atoms with Crippen molar-refractivity contribution in [1.82, 2.24) is 15.2 Å². The number of hydrogen-bond donors (Lipinski definition) is 1. The van der Waals surface area contributed by atoms with Gasteiger partial charge in [-0.3, -0.25) is 14.9 Å². The van der Waals surface area contributed by atoms with Gasteiger partial charge in [-0.2, -0.15) is 0 Å². The van der Waals surface area contributed by atoms with Gasteiger partial charge in [-0.25, -0.2) is 4.98 Å². The molecule has 3 atom stereocenters. The van der Waals surface area contributed by atoms with Gasteiger partial charge in [-0.1, -0.05) is 0 Å². The summed E-state index contributed by atoms with van der Waals surface area (Å²) in [5, 5.41) is 15.0. The molecule has 1 unspecified atom stereocenters. The number of ether oxygens (including phenoxy) is 2. The van der Waals surface area contributed by atoms with E-state index in [-0.39, 0.29) is 23.8 Å². The number of amides is 1. The summed E-state index contributed by atoms with van der Waals surface area (Å²) in [7, 11) is 2.03. The molecule has 4 rings (SSSR count). The Labute approximate surface area is 180 Å². The fourth-order valence-corrected chi connectivity index (χ4v) is 4.18. The van der Waals surface area contributed by atoms with Gasteiger partial charge in [0.2, 0.25) is 0 Å². The van der Waals surface area contributed by atoms with E-state index in [9.17, 15) is 14.9 Å². The molecule has 3 heterocycles. The van der Waals surface area contributed by atoms with Crippen LogP contribution in [0.2, 0.25) is 0 Å². The number of nitrogens with one attached hydrogen (secondary N) is 1. The summed E-state index contributed by atoms with van der Waals surface area (Å²) in [5.41, 5.74) is 1.11. The van der Waals surface area contributed by atoms with Crippen LogP contribution in [0.3, 0.4) is 0 Å². The van der Waals surface area contributed by atoms with Crippen LogP contribution in [0, 0.1) is 10.1 Å². The van der Waals surface area contributed by atoms with Crippen LogP contribution in [0.15, 0.2) is 30.5 Å². The molecule has 0 radical (unpaired) electrons. The van der Waals surface area contributed by atoms with Crippen molar-refractivity contribution < 1.29 is 19.2 Å². The molecule has 0 bridgehead atoms. The van der Waals surface area contributed by atoms with E-state index in [1.165, 1.54) is 6.07 Å². The van der Waals surface area contributed by atoms with Crippen molar-refractivity contribution in [3.63, 3.8) is 0 Å². The number of carbonyl (C=O) groups is 1. The van der Waals surface area contributed by atoms with Crippen molar-refractivity contribution in [3.8, 4) is 0 Å². The maximum atomic E-state index is 12.8. The van der Waals surface area contributed by atoms with Crippen molar-refractivity contribution in [2.45, 2.75) is 25.2 Å². The molecule has 0 aliphatic carbocycles. The molecule has 2 aliphatic heterocycles. The highest BCUT2D eigenvalue weighted by Gasteiger charge is 2.32. The molecule has 2 aromatic rings. The number of hydrogen-bond acceptors (Lipinski definition) is 8. The van der Waals surface area contributed by atoms with Crippen LogP contribution in [0.25, 0.3) is 10.9 Å². The zero-order chi connectivity index (χ0) is 22.0. The van der Waals surface area contributed by atoms with Crippen LogP contribution in [0.4, 0.5) is 11.4 Å². The minimum atomic E-state index is -0.646. The molecule has 10 heteroatoms. The second-order valence-electron chi connectivity index (χ2n) is 8.10. The van der Waals surface area contributed by atoms with E-state index in [1.54, 1.807) is 18.3 Å². The first kappa shape index (κ1) is 21.4. The highest BCUT2D eigenvalue weighted by Crippen LogP contribution is 2.33. The van der Waals surface area contributed by atoms with Gasteiger partial charge >= 0.3 is 0 Å². The lowest BCUT2D eigenvalue weighted by Crippen LogP contribution is -2.54. The number of aromatic nitrogens is 1. The third kappa shape index (κ3) is 4.76. The number of nitrogens with zero attached hydrogens (tertiary/aromatic N) is 4. The first-order valence-corrected chi connectivity index (χ1v) is 10.4. The van der Waals surface area contributed by atoms with E-state index in [0.717, 1.165) is 18.8 Å². The third-order valence-electron chi connectivity index (χ3n) is 5.66. The fourth-order valence-electron chi connectivity index (χ4n) is 4.18. The largest absolute Gasteiger partial charge is 0.374 e. The summed E-state index contributed by atoms with van der Waals surface area (Å²) in [6.07, 6.45) is 0.683. The highest BCUT2D eigenvalue weighted by molar-refractivity contribution is 5.97. The number of non-ortho nitro benzene ring substituents is 1. The molecular formula is C21H27N5O5. The topological polar surface area (TPSA) is 110 Å². The van der Waals surface area contributed by atoms with Crippen molar-refractivity contribution >= 4 is 28.2 Å². The number of pyridine rings is 1. The number of benzene rings is 1. The molecule has 1 N–H and O–H groups in total. The highest BCUT2D eigenvalue weighted by atomic mass is 16.6. The SMILES string of the molecule is C[C@@H]1CN(c2ccc([N+](=O)[O-])c3ncccc23)C[C@H](C(=O)NCC2CN(C)CCO2)O1. The summed E-state index contributed by atoms with van der Waals surface area (Å²) < 4.78 is 11.6. The van der Waals surface area contributed by atoms with Gasteiger partial charge in [0.15, 0.2) is 6.10 Å². The lowest BCUT2D eigenvalue weighted by Gasteiger charge is -2.38. The monoisotopic (exact) mass is 429 g/mol. The summed E-state index contributed by atoms with van der Waals surface area (Å²) in [6, 6.07) is 6.76. The van der Waals surface area contributed by atoms with Crippen molar-refractivity contribution in [2.75, 3.05) is 51.3 Å². The molecule has 2 aliphatic rings. The van der Waals surface area contributed by atoms with Crippen molar-refractivity contribution in [3.05, 3.63) is 40.6 Å². The van der Waals surface area contributed by atoms with Crippen LogP contribution in [-0.4, -0.2) is 85.4 Å². The van der Waals surface area contributed by atoms with Gasteiger partial charge < -0.3 is 24.6 Å². The number of likely N-dealkylation sites (N-methyl/N-ethyl adjacent to an activating group) is 1. The Morgan fingerprint density at radius 3 is 2.94 bits per heavy atom. The Morgan fingerprint density at radius 1 is 1.32 bits per heavy atom. The standard InChI is InChI=1S/C21H27N5O5/c1-14-11-25(17-5-6-18(26(28)29)20-16(17)4-3-7-22-20)13-19(31-14)21(27)23-10-15-12-24(2)8-9-30-15/h3-7,14-15,19H,8-13H2,1-2H3,(H,23,27)/t14-,15?,19-/m1/s1. The Hall–Kier alpha value is -2.82. The van der Waals surface area contributed by atoms with Gasteiger partial charge in [-0.05, 0) is 32.2 Å². The van der Waals surface area contributed by atoms with Crippen LogP contribution in [0.5, 0.6) is 0 Å². The average Bonchev–Trinajstić information content (AvgIpc) is 2.76. The van der Waals surface area contributed by atoms with E-state index in [2.05, 4.69) is 15.2 Å². The number of fused-ring (bicyclic) bond motifs is 1. The lowest BCUT2D eigenvalue weighted by atomic mass is 10.1. The van der Waals surface area contributed by atoms with Crippen LogP contribution in [-0.2, 0) is 14.3 Å². The first-order chi connectivity index (χ1) is 14.9. The molecule has 31 heavy (non-hydrogen) atoms. The number of nitro benzene ring substituents is 1. The quantitative estimate of drug-likeness (QED) is 0.557. The number of rotatable bonds is 5. The predicted octanol–water partition coefficient (Wildman–Crippen LogP) is 1.18. The molecule has 1 amide bonds. The number of anilines is 1. The molecule has 2 saturated heterocycles. The third-order valence-corrected chi connectivity index (χ3v) is 5.66. The zero-order valence-electron chi connectivity index (χ0n) is 17.7. The molecule has 2 fully saturated rings. The van der Waals surface area contributed by atoms with E-state index in [0.29, 0.717) is 37.1 Å². The minimum Gasteiger partial charge on any atom is -0.374 e. The fraction of sp³-hybridized carbons (Fsp3) is 0.524. The van der Waals surface area contributed by atoms with Gasteiger partial charge in [0.05, 0.1) is 30.3 Å². The van der Waals surface area contributed by atoms with Gasteiger partial charge in [-0.15, -0.1) is 0 Å². The average molecular weight is 429 g/mol. The predicted molar refractivity (Wildman–Crippen MR) is 115 cm³/mol. The van der Waals surface area contributed by atoms with E-state index >= 15 is 0 Å². The van der Waals surface area contributed by atoms with Gasteiger partial charge in [0, 0.05) is 49.5 Å². The van der Waals surface area contributed by atoms with Crippen molar-refractivity contribution in [2.24, 2.45) is 0 Å².